The van der Waals surface area contributed by atoms with Crippen molar-refractivity contribution in [2.75, 3.05) is 13.2 Å². The van der Waals surface area contributed by atoms with E-state index >= 15 is 0 Å². The smallest absolute Gasteiger partial charge is 0.123 e. The van der Waals surface area contributed by atoms with Gasteiger partial charge in [0.1, 0.15) is 11.4 Å². The number of hydrogen-bond donors (Lipinski definition) is 1. The van der Waals surface area contributed by atoms with Gasteiger partial charge in [-0.15, -0.1) is 0 Å². The lowest BCUT2D eigenvalue weighted by atomic mass is 10.0. The first-order valence-electron chi connectivity index (χ1n) is 7.09. The summed E-state index contributed by atoms with van der Waals surface area (Å²) in [5, 5.41) is 3.40. The van der Waals surface area contributed by atoms with Crippen molar-refractivity contribution in [1.29, 1.82) is 0 Å². The van der Waals surface area contributed by atoms with Gasteiger partial charge in [-0.3, -0.25) is 0 Å². The molecule has 106 valence electrons. The van der Waals surface area contributed by atoms with E-state index in [0.29, 0.717) is 6.10 Å². The molecule has 0 bridgehead atoms. The first kappa shape index (κ1) is 14.4. The molecule has 1 aliphatic rings. The lowest BCUT2D eigenvalue weighted by Gasteiger charge is -2.16. The van der Waals surface area contributed by atoms with Gasteiger partial charge in [0.15, 0.2) is 0 Å². The minimum atomic E-state index is -0.0561. The monoisotopic (exact) mass is 263 g/mol. The largest absolute Gasteiger partial charge is 0.487 e. The molecule has 3 nitrogen and oxygen atoms in total. The van der Waals surface area contributed by atoms with Crippen LogP contribution >= 0.6 is 0 Å². The Labute approximate surface area is 116 Å². The van der Waals surface area contributed by atoms with Crippen LogP contribution in [0.4, 0.5) is 0 Å². The maximum atomic E-state index is 5.88. The number of hydrogen-bond acceptors (Lipinski definition) is 3. The highest BCUT2D eigenvalue weighted by Crippen LogP contribution is 2.35. The van der Waals surface area contributed by atoms with Crippen molar-refractivity contribution in [3.63, 3.8) is 0 Å². The van der Waals surface area contributed by atoms with Crippen LogP contribution in [0.3, 0.4) is 0 Å². The highest BCUT2D eigenvalue weighted by molar-refractivity contribution is 5.41. The standard InChI is InChI=1S/C16H25NO2/c1-12(2)18-8-7-17-11-13-5-6-15-14(9-13)10-16(3,4)19-15/h5-6,9,12,17H,7-8,10-11H2,1-4H3. The molecular weight excluding hydrogens is 238 g/mol. The number of rotatable bonds is 6. The van der Waals surface area contributed by atoms with Gasteiger partial charge in [0.2, 0.25) is 0 Å². The third kappa shape index (κ3) is 4.22. The minimum absolute atomic E-state index is 0.0561. The van der Waals surface area contributed by atoms with Crippen molar-refractivity contribution < 1.29 is 9.47 Å². The van der Waals surface area contributed by atoms with E-state index in [1.807, 2.05) is 0 Å². The van der Waals surface area contributed by atoms with Crippen LogP contribution in [0.5, 0.6) is 5.75 Å². The molecular formula is C16H25NO2. The molecule has 0 saturated heterocycles. The molecule has 1 aliphatic heterocycles. The average molecular weight is 263 g/mol. The van der Waals surface area contributed by atoms with Gasteiger partial charge in [-0.05, 0) is 44.9 Å². The molecule has 0 saturated carbocycles. The summed E-state index contributed by atoms with van der Waals surface area (Å²) in [6, 6.07) is 6.47. The highest BCUT2D eigenvalue weighted by Gasteiger charge is 2.29. The molecule has 0 fully saturated rings. The van der Waals surface area contributed by atoms with E-state index in [2.05, 4.69) is 51.2 Å². The molecule has 2 rings (SSSR count). The van der Waals surface area contributed by atoms with Crippen LogP contribution in [-0.4, -0.2) is 24.9 Å². The van der Waals surface area contributed by atoms with Crippen LogP contribution in [0, 0.1) is 0 Å². The second-order valence-corrected chi connectivity index (χ2v) is 6.08. The lowest BCUT2D eigenvalue weighted by molar-refractivity contribution is 0.0807. The molecule has 19 heavy (non-hydrogen) atoms. The van der Waals surface area contributed by atoms with Gasteiger partial charge in [-0.1, -0.05) is 12.1 Å². The predicted octanol–water partition coefficient (Wildman–Crippen LogP) is 2.91. The molecule has 0 aliphatic carbocycles. The van der Waals surface area contributed by atoms with Gasteiger partial charge in [0, 0.05) is 19.5 Å². The van der Waals surface area contributed by atoms with E-state index in [4.69, 9.17) is 9.47 Å². The second-order valence-electron chi connectivity index (χ2n) is 6.08. The van der Waals surface area contributed by atoms with E-state index in [1.54, 1.807) is 0 Å². The fourth-order valence-electron chi connectivity index (χ4n) is 2.37. The summed E-state index contributed by atoms with van der Waals surface area (Å²) in [4.78, 5) is 0. The van der Waals surface area contributed by atoms with Gasteiger partial charge in [0.25, 0.3) is 0 Å². The Morgan fingerprint density at radius 3 is 2.89 bits per heavy atom. The maximum absolute atomic E-state index is 5.88. The molecule has 0 amide bonds. The Bertz CT molecular complexity index is 427. The Kier molecular flexibility index (Phi) is 4.48. The Balaban J connectivity index is 1.80. The number of nitrogens with one attached hydrogen (secondary N) is 1. The summed E-state index contributed by atoms with van der Waals surface area (Å²) in [7, 11) is 0. The zero-order valence-electron chi connectivity index (χ0n) is 12.5. The summed E-state index contributed by atoms with van der Waals surface area (Å²) in [5.74, 6) is 1.04. The number of benzene rings is 1. The fourth-order valence-corrected chi connectivity index (χ4v) is 2.37. The summed E-state index contributed by atoms with van der Waals surface area (Å²) < 4.78 is 11.4. The fraction of sp³-hybridized carbons (Fsp3) is 0.625. The van der Waals surface area contributed by atoms with Gasteiger partial charge in [-0.2, -0.15) is 0 Å². The molecule has 1 heterocycles. The zero-order valence-corrected chi connectivity index (χ0v) is 12.5. The first-order chi connectivity index (χ1) is 8.96. The van der Waals surface area contributed by atoms with Crippen LogP contribution in [0.1, 0.15) is 38.8 Å². The second kappa shape index (κ2) is 5.93. The van der Waals surface area contributed by atoms with Crippen molar-refractivity contribution >= 4 is 0 Å². The average Bonchev–Trinajstić information content (AvgIpc) is 2.61. The molecule has 0 spiro atoms. The maximum Gasteiger partial charge on any atom is 0.123 e. The van der Waals surface area contributed by atoms with Gasteiger partial charge < -0.3 is 14.8 Å². The van der Waals surface area contributed by atoms with Crippen LogP contribution in [0.2, 0.25) is 0 Å². The molecule has 3 heteroatoms. The van der Waals surface area contributed by atoms with Crippen LogP contribution in [0.25, 0.3) is 0 Å². The third-order valence-electron chi connectivity index (χ3n) is 3.19. The summed E-state index contributed by atoms with van der Waals surface area (Å²) >= 11 is 0. The zero-order chi connectivity index (χ0) is 13.9. The Hall–Kier alpha value is -1.06. The quantitative estimate of drug-likeness (QED) is 0.801. The summed E-state index contributed by atoms with van der Waals surface area (Å²) in [6.07, 6.45) is 1.30. The van der Waals surface area contributed by atoms with E-state index in [0.717, 1.165) is 31.9 Å². The van der Waals surface area contributed by atoms with Crippen molar-refractivity contribution in [3.05, 3.63) is 29.3 Å². The topological polar surface area (TPSA) is 30.5 Å². The van der Waals surface area contributed by atoms with Crippen molar-refractivity contribution in [3.8, 4) is 5.75 Å². The van der Waals surface area contributed by atoms with Crippen LogP contribution in [-0.2, 0) is 17.7 Å². The van der Waals surface area contributed by atoms with Crippen molar-refractivity contribution in [2.24, 2.45) is 0 Å². The third-order valence-corrected chi connectivity index (χ3v) is 3.19. The first-order valence-corrected chi connectivity index (χ1v) is 7.09. The van der Waals surface area contributed by atoms with E-state index < -0.39 is 0 Å². The van der Waals surface area contributed by atoms with Crippen LogP contribution in [0.15, 0.2) is 18.2 Å². The molecule has 0 atom stereocenters. The molecule has 1 aromatic carbocycles. The molecule has 1 N–H and O–H groups in total. The van der Waals surface area contributed by atoms with Gasteiger partial charge >= 0.3 is 0 Å². The van der Waals surface area contributed by atoms with Crippen LogP contribution < -0.4 is 10.1 Å². The summed E-state index contributed by atoms with van der Waals surface area (Å²) in [6.45, 7) is 10.9. The molecule has 0 radical (unpaired) electrons. The van der Waals surface area contributed by atoms with Gasteiger partial charge in [-0.25, -0.2) is 0 Å². The number of fused-ring (bicyclic) bond motifs is 1. The molecule has 0 aromatic heterocycles. The Morgan fingerprint density at radius 1 is 1.37 bits per heavy atom. The molecule has 0 unspecified atom stereocenters. The van der Waals surface area contributed by atoms with Crippen molar-refractivity contribution in [1.82, 2.24) is 5.32 Å². The predicted molar refractivity (Wildman–Crippen MR) is 77.6 cm³/mol. The van der Waals surface area contributed by atoms with E-state index in [9.17, 15) is 0 Å². The van der Waals surface area contributed by atoms with Crippen molar-refractivity contribution in [2.45, 2.75) is 52.4 Å². The van der Waals surface area contributed by atoms with E-state index in [-0.39, 0.29) is 5.60 Å². The summed E-state index contributed by atoms with van der Waals surface area (Å²) in [5.41, 5.74) is 2.58. The lowest BCUT2D eigenvalue weighted by Crippen LogP contribution is -2.24. The van der Waals surface area contributed by atoms with E-state index in [1.165, 1.54) is 11.1 Å². The molecule has 1 aromatic rings. The highest BCUT2D eigenvalue weighted by atomic mass is 16.5. The van der Waals surface area contributed by atoms with Gasteiger partial charge in [0.05, 0.1) is 12.7 Å². The minimum Gasteiger partial charge on any atom is -0.487 e. The normalized spacial score (nSPS) is 16.5. The number of ether oxygens (including phenoxy) is 2. The Morgan fingerprint density at radius 2 is 2.16 bits per heavy atom. The SMILES string of the molecule is CC(C)OCCNCc1ccc2c(c1)CC(C)(C)O2.